The van der Waals surface area contributed by atoms with Crippen molar-refractivity contribution in [3.63, 3.8) is 0 Å². The topological polar surface area (TPSA) is 101 Å². The summed E-state index contributed by atoms with van der Waals surface area (Å²) in [5.41, 5.74) is 2.03. The monoisotopic (exact) mass is 417 g/mol. The fraction of sp³-hybridized carbons (Fsp3) is 0.364. The number of nitrogens with one attached hydrogen (secondary N) is 1. The summed E-state index contributed by atoms with van der Waals surface area (Å²) in [4.78, 5) is 23.2. The third-order valence-electron chi connectivity index (χ3n) is 4.75. The lowest BCUT2D eigenvalue weighted by Crippen LogP contribution is -2.44. The molecule has 0 heterocycles. The molecule has 0 aliphatic rings. The molecule has 0 radical (unpaired) electrons. The Labute approximate surface area is 171 Å². The Hall–Kier alpha value is -2.51. The van der Waals surface area contributed by atoms with Gasteiger partial charge in [0.2, 0.25) is 0 Å². The Morgan fingerprint density at radius 1 is 1.07 bits per heavy atom. The van der Waals surface area contributed by atoms with Gasteiger partial charge in [-0.25, -0.2) is 8.42 Å². The Morgan fingerprint density at radius 3 is 2.31 bits per heavy atom. The number of carbonyl (C=O) groups is 2. The van der Waals surface area contributed by atoms with E-state index in [4.69, 9.17) is 0 Å². The lowest BCUT2D eigenvalue weighted by atomic mass is 10.0. The average Bonchev–Trinajstić information content (AvgIpc) is 2.70. The van der Waals surface area contributed by atoms with Gasteiger partial charge in [0, 0.05) is 0 Å². The first-order valence-corrected chi connectivity index (χ1v) is 11.2. The van der Waals surface area contributed by atoms with Gasteiger partial charge in [-0.3, -0.25) is 10.1 Å². The smallest absolute Gasteiger partial charge is 0.320 e. The van der Waals surface area contributed by atoms with Crippen LogP contribution in [0.15, 0.2) is 59.5 Å². The van der Waals surface area contributed by atoms with Gasteiger partial charge in [-0.1, -0.05) is 48.0 Å². The minimum Gasteiger partial charge on any atom is -0.480 e. The van der Waals surface area contributed by atoms with Gasteiger partial charge in [-0.05, 0) is 50.3 Å². The summed E-state index contributed by atoms with van der Waals surface area (Å²) in [5, 5.41) is 12.3. The highest BCUT2D eigenvalue weighted by Gasteiger charge is 2.23. The molecule has 0 amide bonds. The van der Waals surface area contributed by atoms with E-state index in [2.05, 4.69) is 5.32 Å². The first-order valence-electron chi connectivity index (χ1n) is 9.59. The number of aldehydes is 1. The van der Waals surface area contributed by atoms with E-state index in [0.29, 0.717) is 19.1 Å². The lowest BCUT2D eigenvalue weighted by Gasteiger charge is -2.19. The van der Waals surface area contributed by atoms with Gasteiger partial charge in [0.15, 0.2) is 9.84 Å². The van der Waals surface area contributed by atoms with E-state index < -0.39 is 27.9 Å². The van der Waals surface area contributed by atoms with Crippen LogP contribution in [-0.2, 0) is 25.8 Å². The van der Waals surface area contributed by atoms with Crippen LogP contribution in [0.2, 0.25) is 0 Å². The summed E-state index contributed by atoms with van der Waals surface area (Å²) in [6.07, 6.45) is 2.13. The number of sulfone groups is 1. The Morgan fingerprint density at radius 2 is 1.72 bits per heavy atom. The second-order valence-corrected chi connectivity index (χ2v) is 9.21. The first kappa shape index (κ1) is 22.8. The van der Waals surface area contributed by atoms with E-state index in [1.807, 2.05) is 37.3 Å². The predicted octanol–water partition coefficient (Wildman–Crippen LogP) is 2.79. The number of benzene rings is 2. The van der Waals surface area contributed by atoms with Crippen molar-refractivity contribution in [3.8, 4) is 0 Å². The van der Waals surface area contributed by atoms with E-state index in [1.165, 1.54) is 0 Å². The third-order valence-corrected chi connectivity index (χ3v) is 6.57. The minimum atomic E-state index is -3.47. The van der Waals surface area contributed by atoms with E-state index in [1.54, 1.807) is 24.3 Å². The second kappa shape index (κ2) is 10.9. The molecular formula is C22H27NO5S. The molecule has 2 N–H and O–H groups in total. The normalized spacial score (nSPS) is 13.6. The molecule has 2 aromatic rings. The number of hydrogen-bond donors (Lipinski definition) is 2. The van der Waals surface area contributed by atoms with Gasteiger partial charge in [0.05, 0.1) is 16.7 Å². The molecule has 0 aromatic heterocycles. The van der Waals surface area contributed by atoms with Gasteiger partial charge in [-0.2, -0.15) is 0 Å². The maximum absolute atomic E-state index is 12.4. The van der Waals surface area contributed by atoms with Crippen molar-refractivity contribution >= 4 is 22.1 Å². The number of hydrogen-bond acceptors (Lipinski definition) is 5. The molecule has 2 rings (SSSR count). The van der Waals surface area contributed by atoms with Gasteiger partial charge < -0.3 is 9.90 Å². The standard InChI is InChI=1S/C22H27NO5S/c1-17-9-13-20(14-10-17)29(27,28)15-5-8-21(22(25)26)23-19(16-24)12-11-18-6-3-2-4-7-18/h2-4,6-7,9-10,13-14,16,19,21,23H,5,8,11-12,15H2,1H3,(H,25,26)/t19-,21+/m0/s1. The van der Waals surface area contributed by atoms with Crippen molar-refractivity contribution in [1.82, 2.24) is 5.32 Å². The molecule has 0 saturated carbocycles. The van der Waals surface area contributed by atoms with E-state index in [0.717, 1.165) is 11.1 Å². The number of carboxylic acids is 1. The van der Waals surface area contributed by atoms with Crippen LogP contribution >= 0.6 is 0 Å². The minimum absolute atomic E-state index is 0.121. The molecule has 0 spiro atoms. The fourth-order valence-corrected chi connectivity index (χ4v) is 4.37. The molecule has 0 aliphatic heterocycles. The zero-order valence-corrected chi connectivity index (χ0v) is 17.3. The molecule has 0 aliphatic carbocycles. The van der Waals surface area contributed by atoms with Crippen molar-refractivity contribution in [2.75, 3.05) is 5.75 Å². The molecule has 0 unspecified atom stereocenters. The molecular weight excluding hydrogens is 390 g/mol. The summed E-state index contributed by atoms with van der Waals surface area (Å²) in [7, 11) is -3.47. The van der Waals surface area contributed by atoms with Gasteiger partial charge in [-0.15, -0.1) is 0 Å². The summed E-state index contributed by atoms with van der Waals surface area (Å²) in [6, 6.07) is 14.6. The van der Waals surface area contributed by atoms with Gasteiger partial charge >= 0.3 is 5.97 Å². The molecule has 7 heteroatoms. The molecule has 0 bridgehead atoms. The quantitative estimate of drug-likeness (QED) is 0.515. The zero-order chi connectivity index (χ0) is 21.3. The maximum atomic E-state index is 12.4. The van der Waals surface area contributed by atoms with Crippen LogP contribution < -0.4 is 5.32 Å². The Balaban J connectivity index is 1.89. The van der Waals surface area contributed by atoms with Crippen LogP contribution in [0.4, 0.5) is 0 Å². The summed E-state index contributed by atoms with van der Waals surface area (Å²) in [6.45, 7) is 1.88. The lowest BCUT2D eigenvalue weighted by molar-refractivity contribution is -0.140. The van der Waals surface area contributed by atoms with Gasteiger partial charge in [0.1, 0.15) is 12.3 Å². The molecule has 2 aromatic carbocycles. The highest BCUT2D eigenvalue weighted by Crippen LogP contribution is 2.15. The molecule has 2 atom stereocenters. The molecule has 6 nitrogen and oxygen atoms in total. The van der Waals surface area contributed by atoms with Crippen molar-refractivity contribution < 1.29 is 23.1 Å². The maximum Gasteiger partial charge on any atom is 0.320 e. The highest BCUT2D eigenvalue weighted by atomic mass is 32.2. The molecule has 29 heavy (non-hydrogen) atoms. The van der Waals surface area contributed by atoms with E-state index in [-0.39, 0.29) is 23.5 Å². The average molecular weight is 418 g/mol. The number of carboxylic acid groups (broad SMARTS) is 1. The summed E-state index contributed by atoms with van der Waals surface area (Å²) in [5.74, 6) is -1.23. The van der Waals surface area contributed by atoms with Crippen molar-refractivity contribution in [1.29, 1.82) is 0 Å². The third kappa shape index (κ3) is 7.44. The van der Waals surface area contributed by atoms with Crippen LogP contribution in [0.5, 0.6) is 0 Å². The predicted molar refractivity (Wildman–Crippen MR) is 112 cm³/mol. The van der Waals surface area contributed by atoms with E-state index in [9.17, 15) is 23.1 Å². The number of aliphatic carboxylic acids is 1. The van der Waals surface area contributed by atoms with Crippen LogP contribution in [0, 0.1) is 6.92 Å². The Bertz CT molecular complexity index is 895. The largest absolute Gasteiger partial charge is 0.480 e. The first-order chi connectivity index (χ1) is 13.8. The molecule has 0 saturated heterocycles. The number of rotatable bonds is 12. The number of carbonyl (C=O) groups excluding carboxylic acids is 1. The summed E-state index contributed by atoms with van der Waals surface area (Å²) < 4.78 is 24.8. The van der Waals surface area contributed by atoms with Crippen LogP contribution in [0.3, 0.4) is 0 Å². The zero-order valence-electron chi connectivity index (χ0n) is 16.5. The summed E-state index contributed by atoms with van der Waals surface area (Å²) >= 11 is 0. The van der Waals surface area contributed by atoms with Crippen molar-refractivity contribution in [3.05, 3.63) is 65.7 Å². The van der Waals surface area contributed by atoms with Crippen LogP contribution in [0.25, 0.3) is 0 Å². The van der Waals surface area contributed by atoms with Crippen LogP contribution in [0.1, 0.15) is 30.4 Å². The fourth-order valence-electron chi connectivity index (χ4n) is 3.03. The highest BCUT2D eigenvalue weighted by molar-refractivity contribution is 7.91. The van der Waals surface area contributed by atoms with Crippen molar-refractivity contribution in [2.45, 2.75) is 49.6 Å². The molecule has 156 valence electrons. The number of aryl methyl sites for hydroxylation is 2. The van der Waals surface area contributed by atoms with Crippen LogP contribution in [-0.4, -0.2) is 43.6 Å². The SMILES string of the molecule is Cc1ccc(S(=O)(=O)CCC[C@@H](N[C@H](C=O)CCc2ccccc2)C(=O)O)cc1. The van der Waals surface area contributed by atoms with E-state index >= 15 is 0 Å². The second-order valence-electron chi connectivity index (χ2n) is 7.10. The Kier molecular flexibility index (Phi) is 8.54. The van der Waals surface area contributed by atoms with Crippen molar-refractivity contribution in [2.24, 2.45) is 0 Å². The van der Waals surface area contributed by atoms with Gasteiger partial charge in [0.25, 0.3) is 0 Å². The molecule has 0 fully saturated rings.